The number of nitrogens with zero attached hydrogens (tertiary/aromatic N) is 1. The van der Waals surface area contributed by atoms with E-state index in [9.17, 15) is 0 Å². The van der Waals surface area contributed by atoms with Gasteiger partial charge in [-0.25, -0.2) is 4.98 Å². The number of pyridine rings is 1. The van der Waals surface area contributed by atoms with Gasteiger partial charge in [0.2, 0.25) is 0 Å². The topological polar surface area (TPSA) is 50.9 Å². The van der Waals surface area contributed by atoms with Crippen LogP contribution in [0.15, 0.2) is 18.3 Å². The Bertz CT molecular complexity index is 316. The molecule has 0 saturated heterocycles. The summed E-state index contributed by atoms with van der Waals surface area (Å²) in [5, 5.41) is 3.45. The van der Waals surface area contributed by atoms with Crippen LogP contribution in [0, 0.1) is 0 Å². The first-order chi connectivity index (χ1) is 6.70. The molecule has 0 aliphatic heterocycles. The Morgan fingerprint density at radius 2 is 2.14 bits per heavy atom. The van der Waals surface area contributed by atoms with E-state index in [0.717, 1.165) is 11.5 Å². The lowest BCUT2D eigenvalue weighted by atomic mass is 10.0. The molecule has 1 fully saturated rings. The van der Waals surface area contributed by atoms with E-state index < -0.39 is 0 Å². The molecule has 1 saturated carbocycles. The van der Waals surface area contributed by atoms with Gasteiger partial charge in [-0.15, -0.1) is 0 Å². The van der Waals surface area contributed by atoms with E-state index in [1.165, 1.54) is 25.7 Å². The summed E-state index contributed by atoms with van der Waals surface area (Å²) in [6, 6.07) is 3.74. The molecule has 0 atom stereocenters. The average molecular weight is 191 g/mol. The first kappa shape index (κ1) is 9.31. The number of aromatic nitrogens is 1. The van der Waals surface area contributed by atoms with Crippen LogP contribution in [-0.2, 0) is 0 Å². The number of hydrogen-bond donors (Lipinski definition) is 2. The molecule has 1 aromatic heterocycles. The van der Waals surface area contributed by atoms with Crippen molar-refractivity contribution >= 4 is 11.5 Å². The van der Waals surface area contributed by atoms with E-state index >= 15 is 0 Å². The highest BCUT2D eigenvalue weighted by molar-refractivity contribution is 5.61. The van der Waals surface area contributed by atoms with Gasteiger partial charge in [-0.05, 0) is 31.9 Å². The normalized spacial score (nSPS) is 19.5. The van der Waals surface area contributed by atoms with Crippen molar-refractivity contribution in [1.82, 2.24) is 4.98 Å². The first-order valence-corrected chi connectivity index (χ1v) is 5.18. The van der Waals surface area contributed by atoms with Crippen LogP contribution in [-0.4, -0.2) is 10.5 Å². The van der Waals surface area contributed by atoms with Crippen LogP contribution in [0.2, 0.25) is 0 Å². The molecule has 1 aliphatic rings. The molecule has 1 aromatic rings. The monoisotopic (exact) mass is 191 g/mol. The van der Waals surface area contributed by atoms with E-state index in [1.54, 1.807) is 6.20 Å². The highest BCUT2D eigenvalue weighted by Gasteiger charge is 2.28. The van der Waals surface area contributed by atoms with Crippen LogP contribution >= 0.6 is 0 Å². The fourth-order valence-corrected chi connectivity index (χ4v) is 2.09. The number of rotatable bonds is 2. The first-order valence-electron chi connectivity index (χ1n) is 5.18. The van der Waals surface area contributed by atoms with Gasteiger partial charge in [0.05, 0.1) is 5.69 Å². The van der Waals surface area contributed by atoms with Gasteiger partial charge in [-0.3, -0.25) is 0 Å². The lowest BCUT2D eigenvalue weighted by molar-refractivity contribution is 0.531. The zero-order valence-corrected chi connectivity index (χ0v) is 8.59. The van der Waals surface area contributed by atoms with E-state index in [0.29, 0.717) is 0 Å². The Balaban J connectivity index is 2.14. The van der Waals surface area contributed by atoms with E-state index in [1.807, 2.05) is 12.1 Å². The highest BCUT2D eigenvalue weighted by atomic mass is 15.1. The molecule has 1 aliphatic carbocycles. The molecule has 0 spiro atoms. The van der Waals surface area contributed by atoms with Crippen molar-refractivity contribution in [2.75, 3.05) is 11.1 Å². The molecule has 14 heavy (non-hydrogen) atoms. The summed E-state index contributed by atoms with van der Waals surface area (Å²) in [5.41, 5.74) is 6.77. The van der Waals surface area contributed by atoms with Crippen LogP contribution < -0.4 is 11.1 Å². The number of nitrogens with two attached hydrogens (primary N) is 1. The minimum Gasteiger partial charge on any atom is -0.396 e. The van der Waals surface area contributed by atoms with Crippen molar-refractivity contribution in [3.63, 3.8) is 0 Å². The second-order valence-corrected chi connectivity index (χ2v) is 4.33. The van der Waals surface area contributed by atoms with Crippen molar-refractivity contribution in [3.05, 3.63) is 18.3 Å². The molecule has 1 heterocycles. The number of anilines is 2. The molecule has 0 amide bonds. The predicted molar refractivity (Wildman–Crippen MR) is 59.1 cm³/mol. The van der Waals surface area contributed by atoms with Gasteiger partial charge < -0.3 is 11.1 Å². The van der Waals surface area contributed by atoms with Crippen molar-refractivity contribution in [1.29, 1.82) is 0 Å². The summed E-state index contributed by atoms with van der Waals surface area (Å²) in [6.45, 7) is 2.24. The summed E-state index contributed by atoms with van der Waals surface area (Å²) in [5.74, 6) is 0.830. The SMILES string of the molecule is CC1(Nc2ncccc2N)CCCC1. The molecular formula is C11H17N3. The van der Waals surface area contributed by atoms with Gasteiger partial charge in [0.25, 0.3) is 0 Å². The Kier molecular flexibility index (Phi) is 2.32. The molecule has 3 nitrogen and oxygen atoms in total. The average Bonchev–Trinajstić information content (AvgIpc) is 2.57. The quantitative estimate of drug-likeness (QED) is 0.754. The molecular weight excluding hydrogens is 174 g/mol. The van der Waals surface area contributed by atoms with Crippen molar-refractivity contribution in [3.8, 4) is 0 Å². The highest BCUT2D eigenvalue weighted by Crippen LogP contribution is 2.33. The Labute approximate surface area is 84.7 Å². The van der Waals surface area contributed by atoms with E-state index in [4.69, 9.17) is 5.73 Å². The van der Waals surface area contributed by atoms with Gasteiger partial charge in [-0.2, -0.15) is 0 Å². The maximum atomic E-state index is 5.83. The third-order valence-electron chi connectivity index (χ3n) is 2.97. The minimum absolute atomic E-state index is 0.197. The maximum absolute atomic E-state index is 5.83. The minimum atomic E-state index is 0.197. The predicted octanol–water partition coefficient (Wildman–Crippen LogP) is 2.41. The number of nitrogen functional groups attached to an aromatic ring is 1. The van der Waals surface area contributed by atoms with Crippen molar-refractivity contribution < 1.29 is 0 Å². The van der Waals surface area contributed by atoms with Gasteiger partial charge in [0.1, 0.15) is 5.82 Å². The Hall–Kier alpha value is -1.25. The van der Waals surface area contributed by atoms with E-state index in [2.05, 4.69) is 17.2 Å². The van der Waals surface area contributed by atoms with Gasteiger partial charge in [0, 0.05) is 11.7 Å². The molecule has 76 valence electrons. The van der Waals surface area contributed by atoms with Crippen molar-refractivity contribution in [2.45, 2.75) is 38.1 Å². The standard InChI is InChI=1S/C11H17N3/c1-11(6-2-3-7-11)14-10-9(12)5-4-8-13-10/h4-5,8H,2-3,6-7,12H2,1H3,(H,13,14). The van der Waals surface area contributed by atoms with Crippen LogP contribution in [0.4, 0.5) is 11.5 Å². The fraction of sp³-hybridized carbons (Fsp3) is 0.545. The Morgan fingerprint density at radius 1 is 1.43 bits per heavy atom. The van der Waals surface area contributed by atoms with Crippen LogP contribution in [0.3, 0.4) is 0 Å². The van der Waals surface area contributed by atoms with Gasteiger partial charge in [0.15, 0.2) is 0 Å². The third kappa shape index (κ3) is 1.81. The Morgan fingerprint density at radius 3 is 2.79 bits per heavy atom. The van der Waals surface area contributed by atoms with Crippen molar-refractivity contribution in [2.24, 2.45) is 0 Å². The maximum Gasteiger partial charge on any atom is 0.149 e. The summed E-state index contributed by atoms with van der Waals surface area (Å²) >= 11 is 0. The smallest absolute Gasteiger partial charge is 0.149 e. The number of nitrogens with one attached hydrogen (secondary N) is 1. The molecule has 0 unspecified atom stereocenters. The zero-order chi connectivity index (χ0) is 10.0. The van der Waals surface area contributed by atoms with Gasteiger partial charge >= 0.3 is 0 Å². The molecule has 0 bridgehead atoms. The third-order valence-corrected chi connectivity index (χ3v) is 2.97. The van der Waals surface area contributed by atoms with Crippen LogP contribution in [0.5, 0.6) is 0 Å². The fourth-order valence-electron chi connectivity index (χ4n) is 2.09. The lowest BCUT2D eigenvalue weighted by Gasteiger charge is -2.26. The van der Waals surface area contributed by atoms with E-state index in [-0.39, 0.29) is 5.54 Å². The summed E-state index contributed by atoms with van der Waals surface area (Å²) in [6.07, 6.45) is 6.80. The lowest BCUT2D eigenvalue weighted by Crippen LogP contribution is -2.31. The zero-order valence-electron chi connectivity index (χ0n) is 8.59. The summed E-state index contributed by atoms with van der Waals surface area (Å²) in [4.78, 5) is 4.25. The van der Waals surface area contributed by atoms with Crippen LogP contribution in [0.25, 0.3) is 0 Å². The number of hydrogen-bond acceptors (Lipinski definition) is 3. The molecule has 3 heteroatoms. The molecule has 2 rings (SSSR count). The van der Waals surface area contributed by atoms with Gasteiger partial charge in [-0.1, -0.05) is 12.8 Å². The summed E-state index contributed by atoms with van der Waals surface area (Å²) < 4.78 is 0. The second kappa shape index (κ2) is 3.48. The van der Waals surface area contributed by atoms with Crippen LogP contribution in [0.1, 0.15) is 32.6 Å². The molecule has 0 radical (unpaired) electrons. The molecule has 0 aromatic carbocycles. The largest absolute Gasteiger partial charge is 0.396 e. The second-order valence-electron chi connectivity index (χ2n) is 4.33. The molecule has 3 N–H and O–H groups in total. The summed E-state index contributed by atoms with van der Waals surface area (Å²) in [7, 11) is 0.